The van der Waals surface area contributed by atoms with Crippen LogP contribution in [0.1, 0.15) is 22.9 Å². The second-order valence-corrected chi connectivity index (χ2v) is 5.11. The lowest BCUT2D eigenvalue weighted by Gasteiger charge is -2.12. The van der Waals surface area contributed by atoms with Gasteiger partial charge in [0.15, 0.2) is 5.65 Å². The van der Waals surface area contributed by atoms with Crippen LogP contribution in [-0.2, 0) is 6.54 Å². The first-order valence-corrected chi connectivity index (χ1v) is 6.97. The third kappa shape index (κ3) is 3.26. The van der Waals surface area contributed by atoms with E-state index in [1.165, 1.54) is 0 Å². The van der Waals surface area contributed by atoms with E-state index in [4.69, 9.17) is 0 Å². The molecule has 0 radical (unpaired) electrons. The number of rotatable bonds is 5. The first kappa shape index (κ1) is 13.7. The number of aliphatic hydroxyl groups excluding tert-OH is 1. The fraction of sp³-hybridized carbons (Fsp3) is 0.250. The van der Waals surface area contributed by atoms with E-state index in [0.29, 0.717) is 13.1 Å². The van der Waals surface area contributed by atoms with Gasteiger partial charge < -0.3 is 10.4 Å². The quantitative estimate of drug-likeness (QED) is 0.750. The Morgan fingerprint density at radius 1 is 1.29 bits per heavy atom. The topological polar surface area (TPSA) is 62.5 Å². The van der Waals surface area contributed by atoms with Gasteiger partial charge in [0.25, 0.3) is 0 Å². The van der Waals surface area contributed by atoms with Crippen LogP contribution < -0.4 is 5.32 Å². The summed E-state index contributed by atoms with van der Waals surface area (Å²) < 4.78 is 1.78. The van der Waals surface area contributed by atoms with Gasteiger partial charge in [0.05, 0.1) is 11.8 Å². The summed E-state index contributed by atoms with van der Waals surface area (Å²) in [5, 5.41) is 17.7. The number of aromatic nitrogens is 3. The van der Waals surface area contributed by atoms with Gasteiger partial charge in [-0.3, -0.25) is 0 Å². The zero-order chi connectivity index (χ0) is 14.7. The normalized spacial score (nSPS) is 12.7. The lowest BCUT2D eigenvalue weighted by molar-refractivity contribution is 0.174. The van der Waals surface area contributed by atoms with Crippen molar-refractivity contribution in [1.29, 1.82) is 0 Å². The molecule has 0 aliphatic carbocycles. The highest BCUT2D eigenvalue weighted by Gasteiger charge is 2.06. The summed E-state index contributed by atoms with van der Waals surface area (Å²) >= 11 is 0. The monoisotopic (exact) mass is 282 g/mol. The number of fused-ring (bicyclic) bond motifs is 1. The number of hydrogen-bond donors (Lipinski definition) is 2. The maximum absolute atomic E-state index is 10.1. The number of benzene rings is 1. The highest BCUT2D eigenvalue weighted by atomic mass is 16.3. The molecule has 3 rings (SSSR count). The molecule has 2 N–H and O–H groups in total. The molecule has 1 aromatic carbocycles. The average Bonchev–Trinajstić information content (AvgIpc) is 2.87. The van der Waals surface area contributed by atoms with E-state index in [1.54, 1.807) is 4.52 Å². The summed E-state index contributed by atoms with van der Waals surface area (Å²) in [4.78, 5) is 4.36. The molecule has 5 nitrogen and oxygen atoms in total. The van der Waals surface area contributed by atoms with E-state index in [1.807, 2.05) is 55.7 Å². The van der Waals surface area contributed by atoms with Crippen molar-refractivity contribution in [2.45, 2.75) is 19.6 Å². The van der Waals surface area contributed by atoms with Crippen molar-refractivity contribution in [1.82, 2.24) is 19.9 Å². The van der Waals surface area contributed by atoms with E-state index in [0.717, 1.165) is 22.5 Å². The van der Waals surface area contributed by atoms with Crippen molar-refractivity contribution in [3.05, 3.63) is 65.6 Å². The molecule has 0 spiro atoms. The number of nitrogens with zero attached hydrogens (tertiary/aromatic N) is 3. The molecule has 0 saturated carbocycles. The maximum Gasteiger partial charge on any atom is 0.155 e. The van der Waals surface area contributed by atoms with Crippen LogP contribution in [0.3, 0.4) is 0 Å². The minimum Gasteiger partial charge on any atom is -0.387 e. The molecule has 1 unspecified atom stereocenters. The van der Waals surface area contributed by atoms with Crippen molar-refractivity contribution in [2.75, 3.05) is 6.54 Å². The van der Waals surface area contributed by atoms with Gasteiger partial charge in [-0.05, 0) is 12.5 Å². The number of aryl methyl sites for hydroxylation is 1. The molecule has 3 aromatic rings. The van der Waals surface area contributed by atoms with Gasteiger partial charge in [-0.15, -0.1) is 0 Å². The van der Waals surface area contributed by atoms with E-state index < -0.39 is 6.10 Å². The molecule has 2 heterocycles. The third-order valence-electron chi connectivity index (χ3n) is 3.34. The van der Waals surface area contributed by atoms with Crippen molar-refractivity contribution in [2.24, 2.45) is 0 Å². The SMILES string of the molecule is Cc1cc2ncc(CNCC(O)c3ccccc3)cn2n1. The second kappa shape index (κ2) is 6.03. The molecule has 0 aliphatic heterocycles. The zero-order valence-electron chi connectivity index (χ0n) is 11.9. The molecule has 1 atom stereocenters. The first-order valence-electron chi connectivity index (χ1n) is 6.97. The minimum atomic E-state index is -0.505. The molecule has 0 amide bonds. The fourth-order valence-corrected chi connectivity index (χ4v) is 2.27. The Bertz CT molecular complexity index is 723. The van der Waals surface area contributed by atoms with Crippen LogP contribution in [-0.4, -0.2) is 26.2 Å². The molecule has 5 heteroatoms. The molecule has 0 fully saturated rings. The predicted molar refractivity (Wildman–Crippen MR) is 80.8 cm³/mol. The van der Waals surface area contributed by atoms with Crippen LogP contribution in [0.5, 0.6) is 0 Å². The summed E-state index contributed by atoms with van der Waals surface area (Å²) in [5.74, 6) is 0. The van der Waals surface area contributed by atoms with Crippen LogP contribution in [0.2, 0.25) is 0 Å². The molecule has 0 aliphatic rings. The molecule has 0 bridgehead atoms. The molecular weight excluding hydrogens is 264 g/mol. The van der Waals surface area contributed by atoms with E-state index in [9.17, 15) is 5.11 Å². The van der Waals surface area contributed by atoms with Crippen molar-refractivity contribution in [3.8, 4) is 0 Å². The maximum atomic E-state index is 10.1. The summed E-state index contributed by atoms with van der Waals surface area (Å²) in [7, 11) is 0. The lowest BCUT2D eigenvalue weighted by Crippen LogP contribution is -2.21. The van der Waals surface area contributed by atoms with Crippen LogP contribution in [0.25, 0.3) is 5.65 Å². The summed E-state index contributed by atoms with van der Waals surface area (Å²) in [6.45, 7) is 3.09. The minimum absolute atomic E-state index is 0.500. The number of hydrogen-bond acceptors (Lipinski definition) is 4. The van der Waals surface area contributed by atoms with Gasteiger partial charge in [0.1, 0.15) is 0 Å². The molecular formula is C16H18N4O. The van der Waals surface area contributed by atoms with E-state index >= 15 is 0 Å². The van der Waals surface area contributed by atoms with Gasteiger partial charge in [-0.25, -0.2) is 9.50 Å². The lowest BCUT2D eigenvalue weighted by atomic mass is 10.1. The zero-order valence-corrected chi connectivity index (χ0v) is 11.9. The smallest absolute Gasteiger partial charge is 0.155 e. The Morgan fingerprint density at radius 3 is 2.90 bits per heavy atom. The summed E-state index contributed by atoms with van der Waals surface area (Å²) in [6.07, 6.45) is 3.28. The molecule has 21 heavy (non-hydrogen) atoms. The van der Waals surface area contributed by atoms with Crippen LogP contribution in [0, 0.1) is 6.92 Å². The second-order valence-electron chi connectivity index (χ2n) is 5.11. The van der Waals surface area contributed by atoms with Gasteiger partial charge in [-0.2, -0.15) is 5.10 Å². The Labute approximate surface area is 123 Å². The van der Waals surface area contributed by atoms with Crippen molar-refractivity contribution >= 4 is 5.65 Å². The molecule has 0 saturated heterocycles. The van der Waals surface area contributed by atoms with Crippen LogP contribution >= 0.6 is 0 Å². The Balaban J connectivity index is 1.59. The Morgan fingerprint density at radius 2 is 2.10 bits per heavy atom. The van der Waals surface area contributed by atoms with E-state index in [2.05, 4.69) is 15.4 Å². The van der Waals surface area contributed by atoms with Crippen molar-refractivity contribution in [3.63, 3.8) is 0 Å². The third-order valence-corrected chi connectivity index (χ3v) is 3.34. The van der Waals surface area contributed by atoms with Gasteiger partial charge in [-0.1, -0.05) is 30.3 Å². The largest absolute Gasteiger partial charge is 0.387 e. The number of aliphatic hydroxyl groups is 1. The highest BCUT2D eigenvalue weighted by Crippen LogP contribution is 2.11. The molecule has 108 valence electrons. The predicted octanol–water partition coefficient (Wildman–Crippen LogP) is 1.86. The van der Waals surface area contributed by atoms with Crippen molar-refractivity contribution < 1.29 is 5.11 Å². The summed E-state index contributed by atoms with van der Waals surface area (Å²) in [5.41, 5.74) is 3.75. The fourth-order valence-electron chi connectivity index (χ4n) is 2.27. The average molecular weight is 282 g/mol. The van der Waals surface area contributed by atoms with Gasteiger partial charge in [0.2, 0.25) is 0 Å². The Hall–Kier alpha value is -2.24. The standard InChI is InChI=1S/C16H18N4O/c1-12-7-16-18-9-13(11-20(16)19-12)8-17-10-15(21)14-5-3-2-4-6-14/h2-7,9,11,15,17,21H,8,10H2,1H3. The number of nitrogens with one attached hydrogen (secondary N) is 1. The first-order chi connectivity index (χ1) is 10.2. The van der Waals surface area contributed by atoms with Gasteiger partial charge in [0, 0.05) is 37.1 Å². The summed E-state index contributed by atoms with van der Waals surface area (Å²) in [6, 6.07) is 11.6. The van der Waals surface area contributed by atoms with E-state index in [-0.39, 0.29) is 0 Å². The Kier molecular flexibility index (Phi) is 3.94. The molecule has 2 aromatic heterocycles. The highest BCUT2D eigenvalue weighted by molar-refractivity contribution is 5.38. The van der Waals surface area contributed by atoms with Crippen LogP contribution in [0.4, 0.5) is 0 Å². The van der Waals surface area contributed by atoms with Crippen LogP contribution in [0.15, 0.2) is 48.8 Å². The van der Waals surface area contributed by atoms with Gasteiger partial charge >= 0.3 is 0 Å².